The lowest BCUT2D eigenvalue weighted by atomic mass is 10.2. The smallest absolute Gasteiger partial charge is 0.222 e. The molecule has 1 heterocycles. The summed E-state index contributed by atoms with van der Waals surface area (Å²) < 4.78 is 11.6. The van der Waals surface area contributed by atoms with E-state index < -0.39 is 0 Å². The minimum atomic E-state index is 0.204. The molecule has 1 aromatic rings. The third kappa shape index (κ3) is 5.76. The van der Waals surface area contributed by atoms with Gasteiger partial charge in [-0.25, -0.2) is 4.99 Å². The molecule has 1 unspecified atom stereocenters. The fraction of sp³-hybridized carbons (Fsp3) is 0.579. The van der Waals surface area contributed by atoms with Crippen LogP contribution in [0, 0.1) is 0 Å². The maximum absolute atomic E-state index is 11.9. The zero-order valence-electron chi connectivity index (χ0n) is 16.5. The van der Waals surface area contributed by atoms with Crippen LogP contribution >= 0.6 is 15.9 Å². The molecule has 0 aliphatic carbocycles. The summed E-state index contributed by atoms with van der Waals surface area (Å²) in [6.45, 7) is 6.70. The number of carbonyl (C=O) groups is 1. The summed E-state index contributed by atoms with van der Waals surface area (Å²) in [4.78, 5) is 18.5. The molecule has 2 rings (SSSR count). The van der Waals surface area contributed by atoms with Gasteiger partial charge in [-0.3, -0.25) is 4.79 Å². The van der Waals surface area contributed by atoms with E-state index in [-0.39, 0.29) is 11.9 Å². The van der Waals surface area contributed by atoms with Gasteiger partial charge < -0.3 is 25.0 Å². The van der Waals surface area contributed by atoms with Crippen molar-refractivity contribution in [2.45, 2.75) is 39.3 Å². The number of guanidine groups is 1. The van der Waals surface area contributed by atoms with Crippen LogP contribution in [0.3, 0.4) is 0 Å². The number of rotatable bonds is 7. The van der Waals surface area contributed by atoms with E-state index in [0.29, 0.717) is 24.5 Å². The second kappa shape index (κ2) is 10.4. The van der Waals surface area contributed by atoms with Crippen molar-refractivity contribution in [3.05, 3.63) is 22.2 Å². The molecule has 1 aliphatic rings. The maximum atomic E-state index is 11.9. The number of methoxy groups -OCH3 is 2. The first-order valence-corrected chi connectivity index (χ1v) is 10.0. The molecule has 0 aromatic heterocycles. The number of nitrogens with zero attached hydrogens (tertiary/aromatic N) is 2. The average Bonchev–Trinajstić information content (AvgIpc) is 3.14. The molecule has 2 N–H and O–H groups in total. The Morgan fingerprint density at radius 2 is 2.00 bits per heavy atom. The number of likely N-dealkylation sites (tertiary alicyclic amines) is 1. The largest absolute Gasteiger partial charge is 0.493 e. The van der Waals surface area contributed by atoms with Gasteiger partial charge in [-0.1, -0.05) is 22.9 Å². The highest BCUT2D eigenvalue weighted by molar-refractivity contribution is 9.10. The van der Waals surface area contributed by atoms with Gasteiger partial charge in [0.15, 0.2) is 17.5 Å². The molecular formula is C19H29BrN4O3. The minimum absolute atomic E-state index is 0.204. The van der Waals surface area contributed by atoms with Crippen molar-refractivity contribution in [3.8, 4) is 11.5 Å². The Morgan fingerprint density at radius 1 is 1.30 bits per heavy atom. The lowest BCUT2D eigenvalue weighted by molar-refractivity contribution is -0.129. The van der Waals surface area contributed by atoms with Crippen molar-refractivity contribution >= 4 is 27.8 Å². The van der Waals surface area contributed by atoms with Gasteiger partial charge >= 0.3 is 0 Å². The van der Waals surface area contributed by atoms with Gasteiger partial charge in [0.2, 0.25) is 5.91 Å². The molecule has 8 heteroatoms. The molecule has 1 aliphatic heterocycles. The first-order chi connectivity index (χ1) is 13.0. The fourth-order valence-corrected chi connectivity index (χ4v) is 3.47. The van der Waals surface area contributed by atoms with Crippen LogP contribution in [0.5, 0.6) is 11.5 Å². The van der Waals surface area contributed by atoms with E-state index in [1.165, 1.54) is 0 Å². The van der Waals surface area contributed by atoms with Crippen LogP contribution in [0.4, 0.5) is 0 Å². The third-order valence-corrected chi connectivity index (χ3v) is 5.23. The van der Waals surface area contributed by atoms with E-state index in [1.807, 2.05) is 30.9 Å². The third-order valence-electron chi connectivity index (χ3n) is 4.49. The normalized spacial score (nSPS) is 17.0. The van der Waals surface area contributed by atoms with Crippen molar-refractivity contribution in [1.82, 2.24) is 15.5 Å². The second-order valence-corrected chi connectivity index (χ2v) is 7.17. The first-order valence-electron chi connectivity index (χ1n) is 9.25. The number of hydrogen-bond donors (Lipinski definition) is 2. The van der Waals surface area contributed by atoms with Gasteiger partial charge in [-0.2, -0.15) is 0 Å². The number of benzene rings is 1. The molecule has 7 nitrogen and oxygen atoms in total. The zero-order chi connectivity index (χ0) is 19.8. The summed E-state index contributed by atoms with van der Waals surface area (Å²) in [6.07, 6.45) is 1.48. The van der Waals surface area contributed by atoms with E-state index in [0.717, 1.165) is 42.1 Å². The summed E-state index contributed by atoms with van der Waals surface area (Å²) in [7, 11) is 3.23. The number of hydrogen-bond acceptors (Lipinski definition) is 4. The number of aliphatic imine (C=N–C) groups is 1. The SMILES string of the molecule is CCNC(=NCc1cc(OC)c(OC)cc1Br)NC1CCN(C(=O)CC)C1. The molecule has 1 amide bonds. The molecule has 1 fully saturated rings. The molecule has 1 atom stereocenters. The maximum Gasteiger partial charge on any atom is 0.222 e. The number of halogens is 1. The molecule has 0 spiro atoms. The second-order valence-electron chi connectivity index (χ2n) is 6.32. The lowest BCUT2D eigenvalue weighted by Crippen LogP contribution is -2.45. The molecule has 27 heavy (non-hydrogen) atoms. The van der Waals surface area contributed by atoms with Gasteiger partial charge in [0.1, 0.15) is 0 Å². The van der Waals surface area contributed by atoms with Crippen molar-refractivity contribution in [2.75, 3.05) is 33.9 Å². The van der Waals surface area contributed by atoms with Crippen LogP contribution < -0.4 is 20.1 Å². The lowest BCUT2D eigenvalue weighted by Gasteiger charge is -2.19. The van der Waals surface area contributed by atoms with Crippen molar-refractivity contribution in [2.24, 2.45) is 4.99 Å². The Kier molecular flexibility index (Phi) is 8.22. The Morgan fingerprint density at radius 3 is 2.63 bits per heavy atom. The van der Waals surface area contributed by atoms with E-state index in [1.54, 1.807) is 14.2 Å². The Labute approximate surface area is 169 Å². The highest BCUT2D eigenvalue weighted by Gasteiger charge is 2.25. The predicted molar refractivity (Wildman–Crippen MR) is 110 cm³/mol. The fourth-order valence-electron chi connectivity index (χ4n) is 3.02. The summed E-state index contributed by atoms with van der Waals surface area (Å²) in [5.41, 5.74) is 0.999. The van der Waals surface area contributed by atoms with Crippen molar-refractivity contribution in [3.63, 3.8) is 0 Å². The highest BCUT2D eigenvalue weighted by Crippen LogP contribution is 2.33. The number of ether oxygens (including phenoxy) is 2. The van der Waals surface area contributed by atoms with Gasteiger partial charge in [0, 0.05) is 36.6 Å². The molecule has 150 valence electrons. The molecule has 0 radical (unpaired) electrons. The van der Waals surface area contributed by atoms with Gasteiger partial charge in [-0.15, -0.1) is 0 Å². The van der Waals surface area contributed by atoms with Crippen molar-refractivity contribution < 1.29 is 14.3 Å². The van der Waals surface area contributed by atoms with E-state index in [2.05, 4.69) is 26.6 Å². The minimum Gasteiger partial charge on any atom is -0.493 e. The molecule has 0 bridgehead atoms. The van der Waals surface area contributed by atoms with Crippen LogP contribution in [0.25, 0.3) is 0 Å². The Bertz CT molecular complexity index is 681. The van der Waals surface area contributed by atoms with Crippen LogP contribution in [0.15, 0.2) is 21.6 Å². The number of nitrogens with one attached hydrogen (secondary N) is 2. The average molecular weight is 441 g/mol. The Balaban J connectivity index is 2.06. The zero-order valence-corrected chi connectivity index (χ0v) is 18.1. The van der Waals surface area contributed by atoms with Crippen LogP contribution in [-0.2, 0) is 11.3 Å². The van der Waals surface area contributed by atoms with Crippen molar-refractivity contribution in [1.29, 1.82) is 0 Å². The quantitative estimate of drug-likeness (QED) is 0.503. The van der Waals surface area contributed by atoms with Crippen LogP contribution in [-0.4, -0.2) is 56.7 Å². The predicted octanol–water partition coefficient (Wildman–Crippen LogP) is 2.53. The molecule has 1 saturated heterocycles. The number of carbonyl (C=O) groups excluding carboxylic acids is 1. The number of amides is 1. The highest BCUT2D eigenvalue weighted by atomic mass is 79.9. The van der Waals surface area contributed by atoms with Gasteiger partial charge in [0.25, 0.3) is 0 Å². The molecular weight excluding hydrogens is 412 g/mol. The van der Waals surface area contributed by atoms with Crippen LogP contribution in [0.1, 0.15) is 32.3 Å². The monoisotopic (exact) mass is 440 g/mol. The summed E-state index contributed by atoms with van der Waals surface area (Å²) in [6, 6.07) is 4.02. The summed E-state index contributed by atoms with van der Waals surface area (Å²) in [5, 5.41) is 6.71. The summed E-state index contributed by atoms with van der Waals surface area (Å²) in [5.74, 6) is 2.30. The topological polar surface area (TPSA) is 75.2 Å². The van der Waals surface area contributed by atoms with Gasteiger partial charge in [0.05, 0.1) is 20.8 Å². The standard InChI is InChI=1S/C19H29BrN4O3/c1-5-18(25)24-8-7-14(12-24)23-19(21-6-2)22-11-13-9-16(26-3)17(27-4)10-15(13)20/h9-10,14H,5-8,11-12H2,1-4H3,(H2,21,22,23). The van der Waals surface area contributed by atoms with Gasteiger partial charge in [-0.05, 0) is 31.0 Å². The van der Waals surface area contributed by atoms with E-state index in [9.17, 15) is 4.79 Å². The van der Waals surface area contributed by atoms with E-state index in [4.69, 9.17) is 14.5 Å². The van der Waals surface area contributed by atoms with E-state index >= 15 is 0 Å². The molecule has 1 aromatic carbocycles. The molecule has 0 saturated carbocycles. The van der Waals surface area contributed by atoms with Crippen LogP contribution in [0.2, 0.25) is 0 Å². The summed E-state index contributed by atoms with van der Waals surface area (Å²) >= 11 is 3.57. The Hall–Kier alpha value is -1.96. The first kappa shape index (κ1) is 21.3.